The van der Waals surface area contributed by atoms with E-state index in [0.717, 1.165) is 23.1 Å². The second-order valence-corrected chi connectivity index (χ2v) is 6.49. The summed E-state index contributed by atoms with van der Waals surface area (Å²) in [6, 6.07) is 3.16. The number of carbonyl (C=O) groups is 2. The second kappa shape index (κ2) is 6.80. The minimum absolute atomic E-state index is 0.0903. The van der Waals surface area contributed by atoms with Gasteiger partial charge in [-0.1, -0.05) is 17.7 Å². The lowest BCUT2D eigenvalue weighted by Gasteiger charge is -2.26. The first kappa shape index (κ1) is 17.9. The molecular weight excluding hydrogens is 359 g/mol. The molecule has 1 fully saturated rings. The van der Waals surface area contributed by atoms with Gasteiger partial charge in [0, 0.05) is 30.9 Å². The van der Waals surface area contributed by atoms with Gasteiger partial charge in [0.2, 0.25) is 0 Å². The first-order chi connectivity index (χ1) is 11.8. The fourth-order valence-corrected chi connectivity index (χ4v) is 3.22. The molecule has 0 spiro atoms. The maximum atomic E-state index is 13.3. The Kier molecular flexibility index (Phi) is 4.88. The van der Waals surface area contributed by atoms with Crippen LogP contribution in [0.15, 0.2) is 24.3 Å². The number of rotatable bonds is 3. The molecule has 134 valence electrons. The Morgan fingerprint density at radius 2 is 1.88 bits per heavy atom. The predicted octanol–water partition coefficient (Wildman–Crippen LogP) is 3.54. The summed E-state index contributed by atoms with van der Waals surface area (Å²) in [5.41, 5.74) is -1.61. The van der Waals surface area contributed by atoms with Gasteiger partial charge in [-0.3, -0.25) is 14.5 Å². The van der Waals surface area contributed by atoms with E-state index in [9.17, 15) is 22.8 Å². The van der Waals surface area contributed by atoms with Gasteiger partial charge in [-0.15, -0.1) is 0 Å². The Labute approximate surface area is 147 Å². The van der Waals surface area contributed by atoms with E-state index in [4.69, 9.17) is 16.3 Å². The van der Waals surface area contributed by atoms with E-state index in [0.29, 0.717) is 26.1 Å². The van der Waals surface area contributed by atoms with Crippen molar-refractivity contribution in [2.75, 3.05) is 19.8 Å². The quantitative estimate of drug-likeness (QED) is 0.761. The largest absolute Gasteiger partial charge is 0.417 e. The van der Waals surface area contributed by atoms with E-state index in [-0.39, 0.29) is 28.6 Å². The first-order valence-corrected chi connectivity index (χ1v) is 8.17. The highest BCUT2D eigenvalue weighted by molar-refractivity contribution is 6.34. The van der Waals surface area contributed by atoms with Crippen LogP contribution >= 0.6 is 11.6 Å². The number of hydrogen-bond donors (Lipinski definition) is 0. The predicted molar refractivity (Wildman–Crippen MR) is 84.7 cm³/mol. The molecule has 2 aliphatic rings. The molecule has 1 aromatic rings. The highest BCUT2D eigenvalue weighted by Gasteiger charge is 2.39. The standard InChI is InChI=1S/C17H15ClF3NO3/c18-11-1-2-12(14(7-11)17(19,20)21)13-8-15(23)22(16(13)24)9-10-3-5-25-6-4-10/h1-2,7-8,10H,3-6,9H2. The van der Waals surface area contributed by atoms with Crippen LogP contribution in [0.2, 0.25) is 5.02 Å². The van der Waals surface area contributed by atoms with Crippen molar-refractivity contribution in [1.82, 2.24) is 4.90 Å². The van der Waals surface area contributed by atoms with Gasteiger partial charge >= 0.3 is 6.18 Å². The lowest BCUT2D eigenvalue weighted by molar-refractivity contribution is -0.137. The number of alkyl halides is 3. The minimum Gasteiger partial charge on any atom is -0.381 e. The van der Waals surface area contributed by atoms with Crippen LogP contribution in [0.25, 0.3) is 5.57 Å². The fourth-order valence-electron chi connectivity index (χ4n) is 3.05. The van der Waals surface area contributed by atoms with Crippen LogP contribution in [0.1, 0.15) is 24.0 Å². The molecule has 0 bridgehead atoms. The van der Waals surface area contributed by atoms with Crippen molar-refractivity contribution < 1.29 is 27.5 Å². The second-order valence-electron chi connectivity index (χ2n) is 6.06. The van der Waals surface area contributed by atoms with E-state index in [1.807, 2.05) is 0 Å². The van der Waals surface area contributed by atoms with Crippen LogP contribution in [0, 0.1) is 5.92 Å². The van der Waals surface area contributed by atoms with Gasteiger partial charge in [-0.2, -0.15) is 13.2 Å². The molecule has 1 saturated heterocycles. The number of benzene rings is 1. The van der Waals surface area contributed by atoms with Crippen molar-refractivity contribution in [3.05, 3.63) is 40.4 Å². The Bertz CT molecular complexity index is 739. The molecule has 8 heteroatoms. The number of hydrogen-bond acceptors (Lipinski definition) is 3. The molecule has 0 aliphatic carbocycles. The van der Waals surface area contributed by atoms with Crippen molar-refractivity contribution >= 4 is 29.0 Å². The van der Waals surface area contributed by atoms with Crippen molar-refractivity contribution in [2.24, 2.45) is 5.92 Å². The van der Waals surface area contributed by atoms with Crippen LogP contribution in [0.4, 0.5) is 13.2 Å². The molecule has 1 aromatic carbocycles. The molecule has 3 rings (SSSR count). The smallest absolute Gasteiger partial charge is 0.381 e. The van der Waals surface area contributed by atoms with E-state index < -0.39 is 23.6 Å². The summed E-state index contributed by atoms with van der Waals surface area (Å²) in [5, 5.41) is -0.0903. The van der Waals surface area contributed by atoms with Crippen LogP contribution in [-0.4, -0.2) is 36.5 Å². The maximum absolute atomic E-state index is 13.3. The normalized spacial score (nSPS) is 19.5. The first-order valence-electron chi connectivity index (χ1n) is 7.80. The monoisotopic (exact) mass is 373 g/mol. The molecule has 0 unspecified atom stereocenters. The van der Waals surface area contributed by atoms with E-state index in [1.54, 1.807) is 0 Å². The summed E-state index contributed by atoms with van der Waals surface area (Å²) in [7, 11) is 0. The molecule has 2 amide bonds. The highest BCUT2D eigenvalue weighted by Crippen LogP contribution is 2.38. The van der Waals surface area contributed by atoms with E-state index in [1.165, 1.54) is 6.07 Å². The van der Waals surface area contributed by atoms with Crippen LogP contribution in [-0.2, 0) is 20.5 Å². The Morgan fingerprint density at radius 1 is 1.20 bits per heavy atom. The number of ether oxygens (including phenoxy) is 1. The highest BCUT2D eigenvalue weighted by atomic mass is 35.5. The average molecular weight is 374 g/mol. The minimum atomic E-state index is -4.68. The van der Waals surface area contributed by atoms with Crippen molar-refractivity contribution in [3.63, 3.8) is 0 Å². The van der Waals surface area contributed by atoms with Crippen LogP contribution in [0.5, 0.6) is 0 Å². The SMILES string of the molecule is O=C1C=C(c2ccc(Cl)cc2C(F)(F)F)C(=O)N1CC1CCOCC1. The Morgan fingerprint density at radius 3 is 2.52 bits per heavy atom. The lowest BCUT2D eigenvalue weighted by atomic mass is 9.98. The zero-order valence-corrected chi connectivity index (χ0v) is 13.9. The number of carbonyl (C=O) groups excluding carboxylic acids is 2. The van der Waals surface area contributed by atoms with Gasteiger partial charge in [-0.05, 0) is 36.5 Å². The number of amides is 2. The topological polar surface area (TPSA) is 46.6 Å². The third-order valence-corrected chi connectivity index (χ3v) is 4.60. The van der Waals surface area contributed by atoms with Gasteiger partial charge < -0.3 is 4.74 Å². The lowest BCUT2D eigenvalue weighted by Crippen LogP contribution is -2.37. The molecule has 0 aromatic heterocycles. The average Bonchev–Trinajstić information content (AvgIpc) is 2.83. The van der Waals surface area contributed by atoms with E-state index >= 15 is 0 Å². The summed E-state index contributed by atoms with van der Waals surface area (Å²) < 4.78 is 45.0. The van der Waals surface area contributed by atoms with Gasteiger partial charge in [-0.25, -0.2) is 0 Å². The summed E-state index contributed by atoms with van der Waals surface area (Å²) >= 11 is 5.66. The summed E-state index contributed by atoms with van der Waals surface area (Å²) in [5.74, 6) is -1.19. The molecular formula is C17H15ClF3NO3. The Hall–Kier alpha value is -1.86. The summed E-state index contributed by atoms with van der Waals surface area (Å²) in [6.45, 7) is 1.29. The molecule has 0 N–H and O–H groups in total. The van der Waals surface area contributed by atoms with Gasteiger partial charge in [0.25, 0.3) is 11.8 Å². The van der Waals surface area contributed by atoms with Crippen molar-refractivity contribution in [3.8, 4) is 0 Å². The zero-order chi connectivity index (χ0) is 18.2. The van der Waals surface area contributed by atoms with Crippen molar-refractivity contribution in [1.29, 1.82) is 0 Å². The maximum Gasteiger partial charge on any atom is 0.417 e. The van der Waals surface area contributed by atoms with Crippen molar-refractivity contribution in [2.45, 2.75) is 19.0 Å². The molecule has 4 nitrogen and oxygen atoms in total. The van der Waals surface area contributed by atoms with Gasteiger partial charge in [0.15, 0.2) is 0 Å². The third kappa shape index (κ3) is 3.72. The molecule has 2 heterocycles. The number of nitrogens with zero attached hydrogens (tertiary/aromatic N) is 1. The number of halogens is 4. The third-order valence-electron chi connectivity index (χ3n) is 4.37. The van der Waals surface area contributed by atoms with Crippen LogP contribution in [0.3, 0.4) is 0 Å². The fraction of sp³-hybridized carbons (Fsp3) is 0.412. The van der Waals surface area contributed by atoms with E-state index in [2.05, 4.69) is 0 Å². The molecule has 0 atom stereocenters. The molecule has 25 heavy (non-hydrogen) atoms. The molecule has 0 radical (unpaired) electrons. The zero-order valence-electron chi connectivity index (χ0n) is 13.1. The Balaban J connectivity index is 1.88. The van der Waals surface area contributed by atoms with Crippen LogP contribution < -0.4 is 0 Å². The molecule has 0 saturated carbocycles. The van der Waals surface area contributed by atoms with Gasteiger partial charge in [0.05, 0.1) is 11.1 Å². The molecule has 2 aliphatic heterocycles. The van der Waals surface area contributed by atoms with Gasteiger partial charge in [0.1, 0.15) is 0 Å². The summed E-state index contributed by atoms with van der Waals surface area (Å²) in [4.78, 5) is 25.7. The number of imide groups is 1. The summed E-state index contributed by atoms with van der Waals surface area (Å²) in [6.07, 6.45) is -2.29.